The Hall–Kier alpha value is -2.51. The number of halogens is 2. The van der Waals surface area contributed by atoms with Crippen molar-refractivity contribution in [2.75, 3.05) is 19.0 Å². The maximum Gasteiger partial charge on any atom is 0.271 e. The summed E-state index contributed by atoms with van der Waals surface area (Å²) in [6.07, 6.45) is 0. The van der Waals surface area contributed by atoms with Gasteiger partial charge in [-0.3, -0.25) is 14.9 Å². The summed E-state index contributed by atoms with van der Waals surface area (Å²) in [6, 6.07) is 8.47. The minimum Gasteiger partial charge on any atom is -0.495 e. The Bertz CT molecular complexity index is 782. The van der Waals surface area contributed by atoms with Crippen molar-refractivity contribution in [2.24, 2.45) is 0 Å². The number of nitrogens with one attached hydrogen (secondary N) is 1. The molecule has 126 valence electrons. The molecule has 7 nitrogen and oxygen atoms in total. The van der Waals surface area contributed by atoms with E-state index in [-0.39, 0.29) is 29.5 Å². The average Bonchev–Trinajstić information content (AvgIpc) is 2.55. The zero-order valence-corrected chi connectivity index (χ0v) is 13.9. The Morgan fingerprint density at radius 1 is 1.21 bits per heavy atom. The van der Waals surface area contributed by atoms with E-state index >= 15 is 0 Å². The number of benzene rings is 2. The first-order valence-corrected chi connectivity index (χ1v) is 7.36. The van der Waals surface area contributed by atoms with Crippen LogP contribution in [0.25, 0.3) is 0 Å². The summed E-state index contributed by atoms with van der Waals surface area (Å²) in [4.78, 5) is 22.2. The van der Waals surface area contributed by atoms with Gasteiger partial charge in [-0.05, 0) is 18.2 Å². The maximum absolute atomic E-state index is 12.0. The van der Waals surface area contributed by atoms with Crippen LogP contribution in [-0.4, -0.2) is 24.5 Å². The summed E-state index contributed by atoms with van der Waals surface area (Å²) >= 11 is 11.8. The predicted octanol–water partition coefficient (Wildman–Crippen LogP) is 3.93. The zero-order chi connectivity index (χ0) is 17.7. The lowest BCUT2D eigenvalue weighted by Crippen LogP contribution is -2.20. The number of hydrogen-bond donors (Lipinski definition) is 1. The molecule has 0 fully saturated rings. The first-order valence-electron chi connectivity index (χ1n) is 6.61. The smallest absolute Gasteiger partial charge is 0.271 e. The molecule has 2 rings (SSSR count). The van der Waals surface area contributed by atoms with E-state index in [1.54, 1.807) is 12.1 Å². The van der Waals surface area contributed by atoms with Crippen molar-refractivity contribution < 1.29 is 19.2 Å². The molecule has 0 aromatic heterocycles. The molecule has 0 radical (unpaired) electrons. The lowest BCUT2D eigenvalue weighted by molar-refractivity contribution is -0.384. The lowest BCUT2D eigenvalue weighted by atomic mass is 10.2. The number of carbonyl (C=O) groups excluding carboxylic acids is 1. The highest BCUT2D eigenvalue weighted by atomic mass is 35.5. The van der Waals surface area contributed by atoms with Crippen LogP contribution in [0.5, 0.6) is 11.5 Å². The van der Waals surface area contributed by atoms with Crippen LogP contribution in [0, 0.1) is 10.1 Å². The number of ether oxygens (including phenoxy) is 2. The fourth-order valence-corrected chi connectivity index (χ4v) is 2.16. The number of non-ortho nitro benzene ring substituents is 1. The predicted molar refractivity (Wildman–Crippen MR) is 90.2 cm³/mol. The molecule has 2 aromatic rings. The van der Waals surface area contributed by atoms with Crippen LogP contribution in [-0.2, 0) is 4.79 Å². The Labute approximate surface area is 147 Å². The van der Waals surface area contributed by atoms with E-state index in [1.165, 1.54) is 31.4 Å². The summed E-state index contributed by atoms with van der Waals surface area (Å²) in [5, 5.41) is 14.0. The number of carbonyl (C=O) groups is 1. The zero-order valence-electron chi connectivity index (χ0n) is 12.4. The van der Waals surface area contributed by atoms with Crippen molar-refractivity contribution in [2.45, 2.75) is 0 Å². The van der Waals surface area contributed by atoms with Crippen molar-refractivity contribution >= 4 is 40.5 Å². The summed E-state index contributed by atoms with van der Waals surface area (Å²) in [5.41, 5.74) is -0.0117. The molecule has 1 amide bonds. The Morgan fingerprint density at radius 2 is 1.96 bits per heavy atom. The van der Waals surface area contributed by atoms with Crippen molar-refractivity contribution in [1.82, 2.24) is 0 Å². The Kier molecular flexibility index (Phi) is 5.83. The van der Waals surface area contributed by atoms with Gasteiger partial charge in [0.15, 0.2) is 6.61 Å². The standard InChI is InChI=1S/C15H12Cl2N2O5/c1-23-13-5-3-10(19(21)22)7-12(13)18-15(20)8-24-14-6-9(16)2-4-11(14)17/h2-7H,8H2,1H3,(H,18,20). The monoisotopic (exact) mass is 370 g/mol. The minimum absolute atomic E-state index is 0.164. The SMILES string of the molecule is COc1ccc([N+](=O)[O-])cc1NC(=O)COc1cc(Cl)ccc1Cl. The molecule has 24 heavy (non-hydrogen) atoms. The number of methoxy groups -OCH3 is 1. The summed E-state index contributed by atoms with van der Waals surface area (Å²) < 4.78 is 10.4. The van der Waals surface area contributed by atoms with Crippen LogP contribution >= 0.6 is 23.2 Å². The molecule has 0 aliphatic heterocycles. The first-order chi connectivity index (χ1) is 11.4. The van der Waals surface area contributed by atoms with Crippen LogP contribution in [0.15, 0.2) is 36.4 Å². The number of nitrogens with zero attached hydrogens (tertiary/aromatic N) is 1. The highest BCUT2D eigenvalue weighted by Crippen LogP contribution is 2.30. The number of nitro groups is 1. The minimum atomic E-state index is -0.572. The average molecular weight is 371 g/mol. The van der Waals surface area contributed by atoms with Crippen LogP contribution in [0.1, 0.15) is 0 Å². The van der Waals surface area contributed by atoms with E-state index in [4.69, 9.17) is 32.7 Å². The van der Waals surface area contributed by atoms with Gasteiger partial charge in [0, 0.05) is 23.2 Å². The van der Waals surface area contributed by atoms with Gasteiger partial charge in [0.05, 0.1) is 22.7 Å². The molecule has 0 atom stereocenters. The lowest BCUT2D eigenvalue weighted by Gasteiger charge is -2.11. The first kappa shape index (κ1) is 17.8. The van der Waals surface area contributed by atoms with Crippen LogP contribution < -0.4 is 14.8 Å². The van der Waals surface area contributed by atoms with Crippen LogP contribution in [0.4, 0.5) is 11.4 Å². The topological polar surface area (TPSA) is 90.7 Å². The van der Waals surface area contributed by atoms with Gasteiger partial charge in [0.2, 0.25) is 0 Å². The van der Waals surface area contributed by atoms with Gasteiger partial charge in [0.1, 0.15) is 11.5 Å². The molecule has 0 heterocycles. The third-order valence-corrected chi connectivity index (χ3v) is 3.47. The largest absolute Gasteiger partial charge is 0.495 e. The second kappa shape index (κ2) is 7.85. The van der Waals surface area contributed by atoms with Crippen molar-refractivity contribution in [3.05, 3.63) is 56.6 Å². The van der Waals surface area contributed by atoms with Crippen LogP contribution in [0.3, 0.4) is 0 Å². The van der Waals surface area contributed by atoms with Gasteiger partial charge in [-0.2, -0.15) is 0 Å². The fraction of sp³-hybridized carbons (Fsp3) is 0.133. The molecule has 2 aromatic carbocycles. The number of amides is 1. The van der Waals surface area contributed by atoms with Gasteiger partial charge < -0.3 is 14.8 Å². The molecule has 1 N–H and O–H groups in total. The molecule has 0 spiro atoms. The van der Waals surface area contributed by atoms with Gasteiger partial charge in [0.25, 0.3) is 11.6 Å². The molecule has 0 aliphatic rings. The molecule has 0 saturated carbocycles. The van der Waals surface area contributed by atoms with E-state index in [9.17, 15) is 14.9 Å². The highest BCUT2D eigenvalue weighted by molar-refractivity contribution is 6.34. The quantitative estimate of drug-likeness (QED) is 0.614. The van der Waals surface area contributed by atoms with Gasteiger partial charge in [-0.25, -0.2) is 0 Å². The van der Waals surface area contributed by atoms with Gasteiger partial charge in [-0.15, -0.1) is 0 Å². The molecule has 9 heteroatoms. The van der Waals surface area contributed by atoms with Gasteiger partial charge >= 0.3 is 0 Å². The molecular weight excluding hydrogens is 359 g/mol. The summed E-state index contributed by atoms with van der Waals surface area (Å²) in [7, 11) is 1.39. The Morgan fingerprint density at radius 3 is 2.62 bits per heavy atom. The number of hydrogen-bond acceptors (Lipinski definition) is 5. The van der Waals surface area contributed by atoms with E-state index in [0.29, 0.717) is 10.0 Å². The Balaban J connectivity index is 2.08. The van der Waals surface area contributed by atoms with Gasteiger partial charge in [-0.1, -0.05) is 23.2 Å². The normalized spacial score (nSPS) is 10.1. The van der Waals surface area contributed by atoms with E-state index in [1.807, 2.05) is 0 Å². The molecule has 0 unspecified atom stereocenters. The molecule has 0 saturated heterocycles. The third-order valence-electron chi connectivity index (χ3n) is 2.92. The second-order valence-electron chi connectivity index (χ2n) is 4.55. The van der Waals surface area contributed by atoms with Crippen molar-refractivity contribution in [3.63, 3.8) is 0 Å². The summed E-state index contributed by atoms with van der Waals surface area (Å²) in [6.45, 7) is -0.355. The fourth-order valence-electron chi connectivity index (χ4n) is 1.82. The summed E-state index contributed by atoms with van der Waals surface area (Å²) in [5.74, 6) is 0.00454. The van der Waals surface area contributed by atoms with E-state index < -0.39 is 10.8 Å². The third kappa shape index (κ3) is 4.50. The van der Waals surface area contributed by atoms with Crippen molar-refractivity contribution in [3.8, 4) is 11.5 Å². The van der Waals surface area contributed by atoms with Crippen LogP contribution in [0.2, 0.25) is 10.0 Å². The second-order valence-corrected chi connectivity index (χ2v) is 5.40. The maximum atomic E-state index is 12.0. The molecular formula is C15H12Cl2N2O5. The van der Waals surface area contributed by atoms with E-state index in [0.717, 1.165) is 0 Å². The van der Waals surface area contributed by atoms with E-state index in [2.05, 4.69) is 5.32 Å². The number of anilines is 1. The van der Waals surface area contributed by atoms with Crippen molar-refractivity contribution in [1.29, 1.82) is 0 Å². The molecule has 0 aliphatic carbocycles. The highest BCUT2D eigenvalue weighted by Gasteiger charge is 2.14. The number of nitro benzene ring substituents is 1. The molecule has 0 bridgehead atoms. The number of rotatable bonds is 6.